The van der Waals surface area contributed by atoms with Gasteiger partial charge in [-0.1, -0.05) is 13.2 Å². The lowest BCUT2D eigenvalue weighted by molar-refractivity contribution is -0.139. The molecule has 19 heavy (non-hydrogen) atoms. The van der Waals surface area contributed by atoms with E-state index in [0.717, 1.165) is 6.08 Å². The summed E-state index contributed by atoms with van der Waals surface area (Å²) in [5, 5.41) is 0. The average molecular weight is 272 g/mol. The summed E-state index contributed by atoms with van der Waals surface area (Å²) in [6, 6.07) is 0. The predicted octanol–water partition coefficient (Wildman–Crippen LogP) is 0.520. The number of ether oxygens (including phenoxy) is 4. The van der Waals surface area contributed by atoms with Crippen LogP contribution < -0.4 is 0 Å². The van der Waals surface area contributed by atoms with Crippen LogP contribution in [-0.4, -0.2) is 58.0 Å². The topological polar surface area (TPSA) is 71.1 Å². The Balaban J connectivity index is 3.10. The van der Waals surface area contributed by atoms with Crippen molar-refractivity contribution in [3.8, 4) is 0 Å². The highest BCUT2D eigenvalue weighted by atomic mass is 16.6. The molecule has 0 bridgehead atoms. The van der Waals surface area contributed by atoms with Crippen LogP contribution in [0, 0.1) is 0 Å². The molecule has 0 fully saturated rings. The summed E-state index contributed by atoms with van der Waals surface area (Å²) in [5.41, 5.74) is 0. The van der Waals surface area contributed by atoms with Crippen molar-refractivity contribution in [3.63, 3.8) is 0 Å². The average Bonchev–Trinajstić information content (AvgIpc) is 2.43. The highest BCUT2D eigenvalue weighted by Crippen LogP contribution is 1.84. The quantitative estimate of drug-likeness (QED) is 0.276. The zero-order valence-electron chi connectivity index (χ0n) is 11.0. The van der Waals surface area contributed by atoms with Gasteiger partial charge in [0.1, 0.15) is 13.2 Å². The van der Waals surface area contributed by atoms with Crippen molar-refractivity contribution in [3.05, 3.63) is 25.3 Å². The zero-order chi connectivity index (χ0) is 14.3. The Labute approximate surface area is 113 Å². The van der Waals surface area contributed by atoms with E-state index in [1.165, 1.54) is 6.08 Å². The molecule has 0 saturated carbocycles. The van der Waals surface area contributed by atoms with E-state index in [1.807, 2.05) is 0 Å². The fourth-order valence-electron chi connectivity index (χ4n) is 0.932. The molecule has 0 aromatic heterocycles. The van der Waals surface area contributed by atoms with E-state index in [1.54, 1.807) is 0 Å². The fraction of sp³-hybridized carbons (Fsp3) is 0.538. The Morgan fingerprint density at radius 1 is 0.789 bits per heavy atom. The van der Waals surface area contributed by atoms with Gasteiger partial charge >= 0.3 is 5.97 Å². The van der Waals surface area contributed by atoms with Gasteiger partial charge in [0.25, 0.3) is 0 Å². The Morgan fingerprint density at radius 3 is 1.84 bits per heavy atom. The third-order valence-corrected chi connectivity index (χ3v) is 1.85. The minimum Gasteiger partial charge on any atom is -0.460 e. The number of carbonyl (C=O) groups excluding carboxylic acids is 2. The van der Waals surface area contributed by atoms with Gasteiger partial charge in [-0.25, -0.2) is 4.79 Å². The first-order chi connectivity index (χ1) is 9.20. The zero-order valence-corrected chi connectivity index (χ0v) is 11.0. The SMILES string of the molecule is C=CC(=O)COCCOCCOCCOC(=O)C=C. The van der Waals surface area contributed by atoms with Crippen LogP contribution in [0.2, 0.25) is 0 Å². The van der Waals surface area contributed by atoms with Crippen LogP contribution in [0.1, 0.15) is 0 Å². The van der Waals surface area contributed by atoms with E-state index in [-0.39, 0.29) is 19.0 Å². The minimum atomic E-state index is -0.467. The van der Waals surface area contributed by atoms with Crippen molar-refractivity contribution in [1.82, 2.24) is 0 Å². The van der Waals surface area contributed by atoms with Gasteiger partial charge in [0, 0.05) is 6.08 Å². The van der Waals surface area contributed by atoms with Gasteiger partial charge < -0.3 is 18.9 Å². The molecule has 0 N–H and O–H groups in total. The van der Waals surface area contributed by atoms with Crippen molar-refractivity contribution < 1.29 is 28.5 Å². The number of carbonyl (C=O) groups is 2. The van der Waals surface area contributed by atoms with Crippen LogP contribution in [0.4, 0.5) is 0 Å². The molecule has 0 spiro atoms. The predicted molar refractivity (Wildman–Crippen MR) is 68.8 cm³/mol. The summed E-state index contributed by atoms with van der Waals surface area (Å²) in [4.78, 5) is 21.4. The van der Waals surface area contributed by atoms with Gasteiger partial charge in [-0.3, -0.25) is 4.79 Å². The van der Waals surface area contributed by atoms with Gasteiger partial charge in [0.05, 0.1) is 33.0 Å². The Kier molecular flexibility index (Phi) is 11.9. The molecule has 0 aromatic carbocycles. The second kappa shape index (κ2) is 12.9. The highest BCUT2D eigenvalue weighted by molar-refractivity contribution is 5.90. The molecule has 0 aliphatic rings. The Bertz CT molecular complexity index is 259. The summed E-state index contributed by atoms with van der Waals surface area (Å²) in [5.74, 6) is -0.622. The molecule has 0 radical (unpaired) electrons. The smallest absolute Gasteiger partial charge is 0.330 e. The van der Waals surface area contributed by atoms with Crippen LogP contribution in [-0.2, 0) is 28.5 Å². The molecule has 0 unspecified atom stereocenters. The first-order valence-electron chi connectivity index (χ1n) is 5.88. The fourth-order valence-corrected chi connectivity index (χ4v) is 0.932. The Morgan fingerprint density at radius 2 is 1.32 bits per heavy atom. The van der Waals surface area contributed by atoms with Gasteiger partial charge in [0.15, 0.2) is 5.78 Å². The second-order valence-electron chi connectivity index (χ2n) is 3.32. The van der Waals surface area contributed by atoms with E-state index in [2.05, 4.69) is 13.2 Å². The number of rotatable bonds is 13. The van der Waals surface area contributed by atoms with E-state index >= 15 is 0 Å². The van der Waals surface area contributed by atoms with Gasteiger partial charge in [-0.2, -0.15) is 0 Å². The third-order valence-electron chi connectivity index (χ3n) is 1.85. The highest BCUT2D eigenvalue weighted by Gasteiger charge is 1.96. The van der Waals surface area contributed by atoms with Crippen LogP contribution >= 0.6 is 0 Å². The number of hydrogen-bond donors (Lipinski definition) is 0. The van der Waals surface area contributed by atoms with Crippen molar-refractivity contribution in [2.75, 3.05) is 46.2 Å². The first kappa shape index (κ1) is 17.5. The second-order valence-corrected chi connectivity index (χ2v) is 3.32. The molecule has 0 amide bonds. The minimum absolute atomic E-state index is 0.0258. The molecule has 0 aliphatic carbocycles. The molecule has 108 valence electrons. The molecule has 6 heteroatoms. The first-order valence-corrected chi connectivity index (χ1v) is 5.88. The van der Waals surface area contributed by atoms with Crippen molar-refractivity contribution >= 4 is 11.8 Å². The maximum Gasteiger partial charge on any atom is 0.330 e. The maximum absolute atomic E-state index is 10.8. The van der Waals surface area contributed by atoms with Crippen LogP contribution in [0.25, 0.3) is 0 Å². The summed E-state index contributed by atoms with van der Waals surface area (Å²) in [6.45, 7) is 8.67. The molecule has 0 atom stereocenters. The molecule has 0 rings (SSSR count). The van der Waals surface area contributed by atoms with Crippen molar-refractivity contribution in [2.45, 2.75) is 0 Å². The van der Waals surface area contributed by atoms with E-state index < -0.39 is 5.97 Å². The maximum atomic E-state index is 10.8. The Hall–Kier alpha value is -1.50. The lowest BCUT2D eigenvalue weighted by Crippen LogP contribution is -2.14. The van der Waals surface area contributed by atoms with Crippen molar-refractivity contribution in [2.24, 2.45) is 0 Å². The summed E-state index contributed by atoms with van der Waals surface area (Å²) < 4.78 is 20.1. The lowest BCUT2D eigenvalue weighted by atomic mass is 10.4. The van der Waals surface area contributed by atoms with Gasteiger partial charge in [-0.15, -0.1) is 0 Å². The number of ketones is 1. The number of hydrogen-bond acceptors (Lipinski definition) is 6. The lowest BCUT2D eigenvalue weighted by Gasteiger charge is -2.06. The number of esters is 1. The monoisotopic (exact) mass is 272 g/mol. The summed E-state index contributed by atoms with van der Waals surface area (Å²) >= 11 is 0. The molecule has 6 nitrogen and oxygen atoms in total. The normalized spacial score (nSPS) is 9.89. The standard InChI is InChI=1S/C13H20O6/c1-3-12(14)11-18-8-7-16-5-6-17-9-10-19-13(15)4-2/h3-4H,1-2,5-11H2. The van der Waals surface area contributed by atoms with Gasteiger partial charge in [-0.05, 0) is 6.08 Å². The largest absolute Gasteiger partial charge is 0.460 e. The molecular weight excluding hydrogens is 252 g/mol. The molecule has 0 heterocycles. The van der Waals surface area contributed by atoms with Gasteiger partial charge in [0.2, 0.25) is 0 Å². The van der Waals surface area contributed by atoms with Crippen LogP contribution in [0.15, 0.2) is 25.3 Å². The summed E-state index contributed by atoms with van der Waals surface area (Å²) in [6.07, 6.45) is 2.31. The molecule has 0 aromatic rings. The van der Waals surface area contributed by atoms with Crippen LogP contribution in [0.5, 0.6) is 0 Å². The van der Waals surface area contributed by atoms with Crippen LogP contribution in [0.3, 0.4) is 0 Å². The molecule has 0 aliphatic heterocycles. The third kappa shape index (κ3) is 12.7. The molecular formula is C13H20O6. The molecule has 0 saturated heterocycles. The summed E-state index contributed by atoms with van der Waals surface area (Å²) in [7, 11) is 0. The van der Waals surface area contributed by atoms with Crippen molar-refractivity contribution in [1.29, 1.82) is 0 Å². The van der Waals surface area contributed by atoms with E-state index in [4.69, 9.17) is 18.9 Å². The van der Waals surface area contributed by atoms with E-state index in [0.29, 0.717) is 33.0 Å². The van der Waals surface area contributed by atoms with E-state index in [9.17, 15) is 9.59 Å².